The molecule has 2 aromatic carbocycles. The van der Waals surface area contributed by atoms with Gasteiger partial charge >= 0.3 is 0 Å². The van der Waals surface area contributed by atoms with Crippen LogP contribution in [0.15, 0.2) is 48.5 Å². The number of nitrogens with zero attached hydrogens (tertiary/aromatic N) is 1. The Bertz CT molecular complexity index is 660. The number of rotatable bonds is 4. The first-order chi connectivity index (χ1) is 9.70. The third-order valence-corrected chi connectivity index (χ3v) is 2.71. The van der Waals surface area contributed by atoms with Crippen LogP contribution in [0.2, 0.25) is 0 Å². The minimum Gasteiger partial charge on any atom is -0.477 e. The number of carbonyl (C=O) groups excluding carboxylic acids is 1. The van der Waals surface area contributed by atoms with Crippen LogP contribution in [0.4, 0.5) is 5.69 Å². The second kappa shape index (κ2) is 6.39. The van der Waals surface area contributed by atoms with Crippen LogP contribution >= 0.6 is 0 Å². The topological polar surface area (TPSA) is 62.1 Å². The van der Waals surface area contributed by atoms with Gasteiger partial charge in [0.15, 0.2) is 6.61 Å². The smallest absolute Gasteiger partial charge is 0.255 e. The number of hydrogen-bond donors (Lipinski definition) is 1. The van der Waals surface area contributed by atoms with Gasteiger partial charge in [-0.25, -0.2) is 0 Å². The van der Waals surface area contributed by atoms with Crippen molar-refractivity contribution in [1.82, 2.24) is 0 Å². The molecule has 2 rings (SSSR count). The number of hydrogen-bond acceptors (Lipinski definition) is 3. The van der Waals surface area contributed by atoms with Gasteiger partial charge in [-0.3, -0.25) is 4.79 Å². The second-order valence-electron chi connectivity index (χ2n) is 4.27. The molecule has 0 atom stereocenters. The van der Waals surface area contributed by atoms with E-state index in [0.717, 1.165) is 5.56 Å². The Morgan fingerprint density at radius 2 is 2.05 bits per heavy atom. The minimum atomic E-state index is -0.207. The summed E-state index contributed by atoms with van der Waals surface area (Å²) in [6.07, 6.45) is 0. The van der Waals surface area contributed by atoms with Crippen molar-refractivity contribution in [2.24, 2.45) is 0 Å². The van der Waals surface area contributed by atoms with Crippen LogP contribution in [-0.2, 0) is 0 Å². The molecular formula is C16H14N2O2. The SMILES string of the molecule is Cc1cccc(C(=O)Nc2ccccc2OCC#N)c1. The van der Waals surface area contributed by atoms with Gasteiger partial charge in [0.05, 0.1) is 5.69 Å². The zero-order chi connectivity index (χ0) is 14.4. The van der Waals surface area contributed by atoms with Gasteiger partial charge in [-0.05, 0) is 31.2 Å². The summed E-state index contributed by atoms with van der Waals surface area (Å²) in [5, 5.41) is 11.3. The summed E-state index contributed by atoms with van der Waals surface area (Å²) < 4.78 is 5.27. The number of para-hydroxylation sites is 2. The normalized spacial score (nSPS) is 9.60. The molecule has 100 valence electrons. The van der Waals surface area contributed by atoms with Crippen molar-refractivity contribution in [1.29, 1.82) is 5.26 Å². The van der Waals surface area contributed by atoms with Gasteiger partial charge < -0.3 is 10.1 Å². The first kappa shape index (κ1) is 13.6. The number of aryl methyl sites for hydroxylation is 1. The lowest BCUT2D eigenvalue weighted by Crippen LogP contribution is -2.13. The molecule has 4 heteroatoms. The summed E-state index contributed by atoms with van der Waals surface area (Å²) in [5.41, 5.74) is 2.15. The number of carbonyl (C=O) groups is 1. The first-order valence-electron chi connectivity index (χ1n) is 6.17. The van der Waals surface area contributed by atoms with Gasteiger partial charge in [-0.1, -0.05) is 29.8 Å². The van der Waals surface area contributed by atoms with Gasteiger partial charge in [-0.2, -0.15) is 5.26 Å². The van der Waals surface area contributed by atoms with Crippen molar-refractivity contribution in [2.45, 2.75) is 6.92 Å². The lowest BCUT2D eigenvalue weighted by molar-refractivity contribution is 0.102. The molecule has 20 heavy (non-hydrogen) atoms. The van der Waals surface area contributed by atoms with Crippen LogP contribution in [0.25, 0.3) is 0 Å². The summed E-state index contributed by atoms with van der Waals surface area (Å²) in [5.74, 6) is 0.275. The highest BCUT2D eigenvalue weighted by molar-refractivity contribution is 6.05. The maximum Gasteiger partial charge on any atom is 0.255 e. The van der Waals surface area contributed by atoms with Crippen molar-refractivity contribution < 1.29 is 9.53 Å². The molecule has 0 heterocycles. The van der Waals surface area contributed by atoms with Crippen LogP contribution in [0, 0.1) is 18.3 Å². The van der Waals surface area contributed by atoms with E-state index in [4.69, 9.17) is 10.00 Å². The molecule has 2 aromatic rings. The van der Waals surface area contributed by atoms with E-state index in [9.17, 15) is 4.79 Å². The van der Waals surface area contributed by atoms with E-state index >= 15 is 0 Å². The minimum absolute atomic E-state index is 0.0582. The number of anilines is 1. The Balaban J connectivity index is 2.18. The highest BCUT2D eigenvalue weighted by Gasteiger charge is 2.09. The van der Waals surface area contributed by atoms with E-state index in [1.807, 2.05) is 31.2 Å². The van der Waals surface area contributed by atoms with E-state index in [2.05, 4.69) is 5.32 Å². The fourth-order valence-electron chi connectivity index (χ4n) is 1.79. The summed E-state index contributed by atoms with van der Waals surface area (Å²) in [6, 6.07) is 16.3. The second-order valence-corrected chi connectivity index (χ2v) is 4.27. The quantitative estimate of drug-likeness (QED) is 0.924. The molecule has 0 unspecified atom stereocenters. The molecule has 0 saturated heterocycles. The zero-order valence-electron chi connectivity index (χ0n) is 11.1. The fraction of sp³-hybridized carbons (Fsp3) is 0.125. The van der Waals surface area contributed by atoms with Crippen LogP contribution in [-0.4, -0.2) is 12.5 Å². The average Bonchev–Trinajstić information content (AvgIpc) is 2.46. The van der Waals surface area contributed by atoms with Gasteiger partial charge in [0, 0.05) is 5.56 Å². The standard InChI is InChI=1S/C16H14N2O2/c1-12-5-4-6-13(11-12)16(19)18-14-7-2-3-8-15(14)20-10-9-17/h2-8,11H,10H2,1H3,(H,18,19). The summed E-state index contributed by atoms with van der Waals surface area (Å²) in [4.78, 5) is 12.2. The summed E-state index contributed by atoms with van der Waals surface area (Å²) in [7, 11) is 0. The Morgan fingerprint density at radius 1 is 1.25 bits per heavy atom. The van der Waals surface area contributed by atoms with E-state index in [1.54, 1.807) is 30.3 Å². The number of ether oxygens (including phenoxy) is 1. The molecule has 0 radical (unpaired) electrons. The lowest BCUT2D eigenvalue weighted by atomic mass is 10.1. The molecule has 4 nitrogen and oxygen atoms in total. The summed E-state index contributed by atoms with van der Waals surface area (Å²) >= 11 is 0. The number of nitriles is 1. The molecule has 0 bridgehead atoms. The predicted molar refractivity (Wildman–Crippen MR) is 76.7 cm³/mol. The molecule has 0 spiro atoms. The molecule has 0 aliphatic carbocycles. The molecule has 0 aliphatic rings. The lowest BCUT2D eigenvalue weighted by Gasteiger charge is -2.10. The maximum atomic E-state index is 12.2. The highest BCUT2D eigenvalue weighted by atomic mass is 16.5. The molecule has 0 fully saturated rings. The van der Waals surface area contributed by atoms with Gasteiger partial charge in [0.1, 0.15) is 11.8 Å². The number of amides is 1. The number of nitrogens with one attached hydrogen (secondary N) is 1. The molecule has 0 aliphatic heterocycles. The zero-order valence-corrected chi connectivity index (χ0v) is 11.1. The summed E-state index contributed by atoms with van der Waals surface area (Å²) in [6.45, 7) is 1.87. The molecule has 0 saturated carbocycles. The third kappa shape index (κ3) is 3.36. The van der Waals surface area contributed by atoms with Crippen molar-refractivity contribution in [3.05, 3.63) is 59.7 Å². The third-order valence-electron chi connectivity index (χ3n) is 2.71. The van der Waals surface area contributed by atoms with E-state index in [1.165, 1.54) is 0 Å². The maximum absolute atomic E-state index is 12.2. The molecule has 1 amide bonds. The molecule has 1 N–H and O–H groups in total. The van der Waals surface area contributed by atoms with Gasteiger partial charge in [0.2, 0.25) is 0 Å². The van der Waals surface area contributed by atoms with Gasteiger partial charge in [-0.15, -0.1) is 0 Å². The highest BCUT2D eigenvalue weighted by Crippen LogP contribution is 2.24. The van der Waals surface area contributed by atoms with Crippen molar-refractivity contribution in [2.75, 3.05) is 11.9 Å². The molecule has 0 aromatic heterocycles. The van der Waals surface area contributed by atoms with Crippen molar-refractivity contribution in [3.8, 4) is 11.8 Å². The monoisotopic (exact) mass is 266 g/mol. The Kier molecular flexibility index (Phi) is 4.35. The van der Waals surface area contributed by atoms with E-state index < -0.39 is 0 Å². The molecular weight excluding hydrogens is 252 g/mol. The van der Waals surface area contributed by atoms with Crippen LogP contribution < -0.4 is 10.1 Å². The largest absolute Gasteiger partial charge is 0.477 e. The Hall–Kier alpha value is -2.80. The van der Waals surface area contributed by atoms with E-state index in [-0.39, 0.29) is 12.5 Å². The fourth-order valence-corrected chi connectivity index (χ4v) is 1.79. The number of benzene rings is 2. The van der Waals surface area contributed by atoms with Gasteiger partial charge in [0.25, 0.3) is 5.91 Å². The average molecular weight is 266 g/mol. The van der Waals surface area contributed by atoms with Crippen molar-refractivity contribution in [3.63, 3.8) is 0 Å². The van der Waals surface area contributed by atoms with E-state index in [0.29, 0.717) is 17.0 Å². The Morgan fingerprint density at radius 3 is 2.80 bits per heavy atom. The Labute approximate surface area is 117 Å². The van der Waals surface area contributed by atoms with Crippen molar-refractivity contribution >= 4 is 11.6 Å². The predicted octanol–water partition coefficient (Wildman–Crippen LogP) is 3.15. The van der Waals surface area contributed by atoms with Crippen LogP contribution in [0.3, 0.4) is 0 Å². The first-order valence-corrected chi connectivity index (χ1v) is 6.17. The van der Waals surface area contributed by atoms with Crippen LogP contribution in [0.1, 0.15) is 15.9 Å². The van der Waals surface area contributed by atoms with Crippen LogP contribution in [0.5, 0.6) is 5.75 Å².